The number of aliphatic hydroxyl groups excluding tert-OH is 1. The Morgan fingerprint density at radius 3 is 2.38 bits per heavy atom. The van der Waals surface area contributed by atoms with Crippen LogP contribution in [0.25, 0.3) is 0 Å². The van der Waals surface area contributed by atoms with E-state index in [1.54, 1.807) is 25.1 Å². The minimum atomic E-state index is -0.892. The number of carbonyl (C=O) groups excluding carboxylic acids is 2. The van der Waals surface area contributed by atoms with Crippen molar-refractivity contribution in [2.45, 2.75) is 89.9 Å². The summed E-state index contributed by atoms with van der Waals surface area (Å²) >= 11 is 0. The zero-order valence-corrected chi connectivity index (χ0v) is 29.1. The summed E-state index contributed by atoms with van der Waals surface area (Å²) in [5.41, 5.74) is 1.54. The molecule has 2 aliphatic rings. The number of aromatic hydroxyl groups is 1. The van der Waals surface area contributed by atoms with Crippen molar-refractivity contribution in [3.8, 4) is 5.75 Å². The number of nitrogens with zero attached hydrogens (tertiary/aromatic N) is 1. The van der Waals surface area contributed by atoms with Crippen LogP contribution in [0.1, 0.15) is 74.4 Å². The van der Waals surface area contributed by atoms with Crippen LogP contribution in [0.15, 0.2) is 48.5 Å². The second-order valence-electron chi connectivity index (χ2n) is 12.5. The van der Waals surface area contributed by atoms with Crippen LogP contribution >= 0.6 is 0 Å². The molecule has 7 nitrogen and oxygen atoms in total. The van der Waals surface area contributed by atoms with E-state index in [0.29, 0.717) is 35.9 Å². The number of hydrogen-bond acceptors (Lipinski definition) is 5. The first kappa shape index (κ1) is 33.0. The topological polar surface area (TPSA) is 102 Å². The van der Waals surface area contributed by atoms with Crippen molar-refractivity contribution < 1.29 is 63.9 Å². The van der Waals surface area contributed by atoms with Crippen LogP contribution in [-0.2, 0) is 11.2 Å². The van der Waals surface area contributed by atoms with Gasteiger partial charge in [0.25, 0.3) is 5.91 Å². The van der Waals surface area contributed by atoms with E-state index in [1.807, 2.05) is 51.1 Å². The zero-order valence-electron chi connectivity index (χ0n) is 24.4. The quantitative estimate of drug-likeness (QED) is 0.324. The van der Waals surface area contributed by atoms with Crippen molar-refractivity contribution in [1.82, 2.24) is 15.5 Å². The summed E-state index contributed by atoms with van der Waals surface area (Å²) in [6, 6.07) is 13.8. The van der Waals surface area contributed by atoms with Crippen LogP contribution in [0.4, 0.5) is 0 Å². The van der Waals surface area contributed by atoms with Gasteiger partial charge >= 0.3 is 0 Å². The number of hydrogen-bond donors (Lipinski definition) is 4. The largest absolute Gasteiger partial charge is 0.508 e. The smallest absolute Gasteiger partial charge is 0.252 e. The Labute approximate surface area is 275 Å². The number of piperidine rings is 1. The van der Waals surface area contributed by atoms with Gasteiger partial charge in [0.1, 0.15) is 5.75 Å². The van der Waals surface area contributed by atoms with Gasteiger partial charge in [-0.15, -0.1) is 0 Å². The fourth-order valence-electron chi connectivity index (χ4n) is 6.26. The molecule has 2 aromatic carbocycles. The van der Waals surface area contributed by atoms with Gasteiger partial charge in [-0.05, 0) is 76.5 Å². The molecule has 0 aromatic heterocycles. The first-order valence-electron chi connectivity index (χ1n) is 14.4. The predicted molar refractivity (Wildman–Crippen MR) is 154 cm³/mol. The molecule has 4 rings (SSSR count). The van der Waals surface area contributed by atoms with Crippen molar-refractivity contribution in [3.05, 3.63) is 65.2 Å². The minimum Gasteiger partial charge on any atom is -0.508 e. The Balaban J connectivity index is 0.00000441. The second-order valence-corrected chi connectivity index (χ2v) is 12.5. The Hall–Kier alpha value is -1.46. The molecule has 2 aromatic rings. The number of phenols is 1. The van der Waals surface area contributed by atoms with Gasteiger partial charge in [0.2, 0.25) is 5.91 Å². The molecule has 2 fully saturated rings. The maximum atomic E-state index is 13.4. The van der Waals surface area contributed by atoms with Gasteiger partial charge in [-0.3, -0.25) is 14.5 Å². The molecule has 0 unspecified atom stereocenters. The number of β-amino-alcohol motifs (C(OH)–C–C–N with tert-alkyl or cyclic N) is 1. The molecule has 40 heavy (non-hydrogen) atoms. The minimum absolute atomic E-state index is 0. The molecule has 1 saturated heterocycles. The van der Waals surface area contributed by atoms with Gasteiger partial charge in [0, 0.05) is 73.8 Å². The molecule has 2 amide bonds. The van der Waals surface area contributed by atoms with Crippen LogP contribution in [0, 0.1) is 62.8 Å². The maximum absolute atomic E-state index is 13.4. The molecule has 1 aliphatic heterocycles. The number of rotatable bonds is 8. The van der Waals surface area contributed by atoms with E-state index in [4.69, 9.17) is 0 Å². The van der Waals surface area contributed by atoms with Crippen LogP contribution in [0.5, 0.6) is 5.75 Å². The molecule has 1 saturated carbocycles. The van der Waals surface area contributed by atoms with Gasteiger partial charge in [0.15, 0.2) is 0 Å². The van der Waals surface area contributed by atoms with E-state index in [-0.39, 0.29) is 73.2 Å². The number of amides is 2. The van der Waals surface area contributed by atoms with Gasteiger partial charge in [-0.1, -0.05) is 55.7 Å². The number of likely N-dealkylation sites (tertiary alicyclic amines) is 1. The molecule has 1 aliphatic carbocycles. The fraction of sp³-hybridized carbons (Fsp3) is 0.562. The molecular formula is C32H45AcN3O4. The summed E-state index contributed by atoms with van der Waals surface area (Å²) in [4.78, 5) is 28.9. The van der Waals surface area contributed by atoms with Crippen LogP contribution in [0.2, 0.25) is 0 Å². The molecule has 1 heterocycles. The van der Waals surface area contributed by atoms with Crippen LogP contribution in [0.3, 0.4) is 0 Å². The third-order valence-corrected chi connectivity index (χ3v) is 8.35. The number of aliphatic hydroxyl groups is 1. The third-order valence-electron chi connectivity index (χ3n) is 8.35. The standard InChI is InChI=1S/C32H45N3O4.Ac/c1-21-25(15-10-16-28(21)36)30(38)33-26(17-22-11-6-5-7-12-22)29(37)20-35-19-24-14-9-8-13-23(24)18-27(35)31(39)34-32(2,3)4;/h5-7,10-12,15-16,23-24,26-27,29,36-37H,8-9,13-14,17-20H2,1-4H3,(H,33,38)(H,34,39);/t23-,24+,26-,27-,29+;/m0./s1. The van der Waals surface area contributed by atoms with E-state index in [0.717, 1.165) is 31.4 Å². The van der Waals surface area contributed by atoms with Crippen molar-refractivity contribution in [3.63, 3.8) is 0 Å². The van der Waals surface area contributed by atoms with Crippen molar-refractivity contribution >= 4 is 11.8 Å². The molecule has 0 spiro atoms. The Morgan fingerprint density at radius 2 is 1.70 bits per heavy atom. The zero-order chi connectivity index (χ0) is 28.2. The van der Waals surface area contributed by atoms with E-state index in [2.05, 4.69) is 15.5 Å². The molecule has 5 atom stereocenters. The number of carbonyl (C=O) groups is 2. The molecule has 1 radical (unpaired) electrons. The second kappa shape index (κ2) is 14.6. The van der Waals surface area contributed by atoms with E-state index >= 15 is 0 Å². The Kier molecular flexibility index (Phi) is 12.1. The summed E-state index contributed by atoms with van der Waals surface area (Å²) in [6.07, 6.45) is 5.12. The van der Waals surface area contributed by atoms with Crippen molar-refractivity contribution in [1.29, 1.82) is 0 Å². The number of phenolic OH excluding ortho intramolecular Hbond substituents is 1. The average Bonchev–Trinajstić information content (AvgIpc) is 2.89. The van der Waals surface area contributed by atoms with Crippen LogP contribution < -0.4 is 10.6 Å². The van der Waals surface area contributed by atoms with Gasteiger partial charge in [0.05, 0.1) is 18.2 Å². The van der Waals surface area contributed by atoms with E-state index in [9.17, 15) is 19.8 Å². The van der Waals surface area contributed by atoms with Gasteiger partial charge in [-0.25, -0.2) is 0 Å². The van der Waals surface area contributed by atoms with E-state index < -0.39 is 12.1 Å². The molecule has 0 bridgehead atoms. The maximum Gasteiger partial charge on any atom is 0.252 e. The average molecular weight is 763 g/mol. The summed E-state index contributed by atoms with van der Waals surface area (Å²) in [5.74, 6) is 0.804. The third kappa shape index (κ3) is 8.77. The van der Waals surface area contributed by atoms with Gasteiger partial charge in [-0.2, -0.15) is 0 Å². The Morgan fingerprint density at radius 1 is 1.02 bits per heavy atom. The molecular weight excluding hydrogens is 717 g/mol. The summed E-state index contributed by atoms with van der Waals surface area (Å²) < 4.78 is 0. The van der Waals surface area contributed by atoms with Crippen molar-refractivity contribution in [2.75, 3.05) is 13.1 Å². The predicted octanol–water partition coefficient (Wildman–Crippen LogP) is 4.20. The summed E-state index contributed by atoms with van der Waals surface area (Å²) in [7, 11) is 0. The number of benzene rings is 2. The fourth-order valence-corrected chi connectivity index (χ4v) is 6.26. The monoisotopic (exact) mass is 762 g/mol. The molecule has 8 heteroatoms. The Bertz CT molecular complexity index is 1140. The summed E-state index contributed by atoms with van der Waals surface area (Å²) in [6.45, 7) is 8.75. The first-order valence-corrected chi connectivity index (χ1v) is 14.4. The number of fused-ring (bicyclic) bond motifs is 1. The van der Waals surface area contributed by atoms with Crippen molar-refractivity contribution in [2.24, 2.45) is 11.8 Å². The molecule has 215 valence electrons. The normalized spacial score (nSPS) is 22.8. The number of nitrogens with one attached hydrogen (secondary N) is 2. The SMILES string of the molecule is Cc1c(O)cccc1C(=O)N[C@@H](Cc1ccccc1)[C@H](O)CN1C[C@H]2CCCC[C@H]2C[C@H]1C(=O)NC(C)(C)C.[Ac]. The first-order chi connectivity index (χ1) is 18.5. The molecule has 4 N–H and O–H groups in total. The summed E-state index contributed by atoms with van der Waals surface area (Å²) in [5, 5.41) is 28.0. The van der Waals surface area contributed by atoms with Crippen LogP contribution in [-0.4, -0.2) is 63.7 Å². The van der Waals surface area contributed by atoms with Gasteiger partial charge < -0.3 is 20.8 Å². The van der Waals surface area contributed by atoms with E-state index in [1.165, 1.54) is 12.8 Å².